The molecule has 0 aromatic heterocycles. The number of piperidine rings is 1. The van der Waals surface area contributed by atoms with Gasteiger partial charge in [0, 0.05) is 18.8 Å². The molecule has 5 heteroatoms. The highest BCUT2D eigenvalue weighted by molar-refractivity contribution is 7.80. The van der Waals surface area contributed by atoms with Crippen molar-refractivity contribution < 1.29 is 4.39 Å². The first-order chi connectivity index (χ1) is 12.5. The molecule has 1 aliphatic heterocycles. The standard InChI is InChI=1S/C21H26FN3S/c1-15-6-5-13-25(14-15)18-11-9-17(10-12-18)16(2)23-21(26)24-20-8-4-3-7-19(20)22/h3-4,7-12,15-16H,5-6,13-14H2,1-2H3,(H2,23,24,26)/t15-,16+/m0/s1. The minimum atomic E-state index is -0.315. The zero-order chi connectivity index (χ0) is 18.5. The van der Waals surface area contributed by atoms with Gasteiger partial charge in [0.2, 0.25) is 0 Å². The maximum atomic E-state index is 13.7. The topological polar surface area (TPSA) is 27.3 Å². The zero-order valence-electron chi connectivity index (χ0n) is 15.3. The summed E-state index contributed by atoms with van der Waals surface area (Å²) in [5.74, 6) is 0.440. The van der Waals surface area contributed by atoms with E-state index in [9.17, 15) is 4.39 Å². The molecule has 1 aliphatic rings. The monoisotopic (exact) mass is 371 g/mol. The Balaban J connectivity index is 1.58. The van der Waals surface area contributed by atoms with Crippen LogP contribution in [0, 0.1) is 11.7 Å². The summed E-state index contributed by atoms with van der Waals surface area (Å²) in [6.07, 6.45) is 2.58. The van der Waals surface area contributed by atoms with Gasteiger partial charge in [-0.3, -0.25) is 0 Å². The van der Waals surface area contributed by atoms with Crippen molar-refractivity contribution in [2.45, 2.75) is 32.7 Å². The van der Waals surface area contributed by atoms with Crippen LogP contribution in [0.4, 0.5) is 15.8 Å². The Morgan fingerprint density at radius 1 is 1.19 bits per heavy atom. The molecule has 138 valence electrons. The summed E-state index contributed by atoms with van der Waals surface area (Å²) in [6.45, 7) is 6.63. The van der Waals surface area contributed by atoms with Gasteiger partial charge in [0.25, 0.3) is 0 Å². The molecule has 1 fully saturated rings. The fourth-order valence-electron chi connectivity index (χ4n) is 3.40. The maximum absolute atomic E-state index is 13.7. The lowest BCUT2D eigenvalue weighted by atomic mass is 9.99. The fourth-order valence-corrected chi connectivity index (χ4v) is 3.69. The van der Waals surface area contributed by atoms with Crippen molar-refractivity contribution in [2.75, 3.05) is 23.3 Å². The lowest BCUT2D eigenvalue weighted by Crippen LogP contribution is -2.34. The van der Waals surface area contributed by atoms with Crippen LogP contribution in [-0.2, 0) is 0 Å². The van der Waals surface area contributed by atoms with E-state index in [2.05, 4.69) is 46.7 Å². The number of thiocarbonyl (C=S) groups is 1. The van der Waals surface area contributed by atoms with Crippen LogP contribution in [0.5, 0.6) is 0 Å². The van der Waals surface area contributed by atoms with Crippen molar-refractivity contribution in [1.82, 2.24) is 5.32 Å². The van der Waals surface area contributed by atoms with Gasteiger partial charge >= 0.3 is 0 Å². The van der Waals surface area contributed by atoms with Gasteiger partial charge in [0.1, 0.15) is 5.82 Å². The van der Waals surface area contributed by atoms with Gasteiger partial charge in [-0.2, -0.15) is 0 Å². The molecule has 0 radical (unpaired) electrons. The smallest absolute Gasteiger partial charge is 0.171 e. The molecule has 2 aromatic rings. The molecule has 3 rings (SSSR count). The van der Waals surface area contributed by atoms with Crippen molar-refractivity contribution in [3.05, 3.63) is 59.9 Å². The molecular weight excluding hydrogens is 345 g/mol. The lowest BCUT2D eigenvalue weighted by Gasteiger charge is -2.33. The van der Waals surface area contributed by atoms with Crippen LogP contribution in [0.15, 0.2) is 48.5 Å². The van der Waals surface area contributed by atoms with Crippen LogP contribution in [0.1, 0.15) is 38.3 Å². The number of hydrogen-bond donors (Lipinski definition) is 2. The molecule has 0 saturated carbocycles. The molecule has 0 bridgehead atoms. The third kappa shape index (κ3) is 4.73. The van der Waals surface area contributed by atoms with Gasteiger partial charge in [-0.15, -0.1) is 0 Å². The number of rotatable bonds is 4. The first kappa shape index (κ1) is 18.6. The van der Waals surface area contributed by atoms with Crippen molar-refractivity contribution in [3.63, 3.8) is 0 Å². The quantitative estimate of drug-likeness (QED) is 0.731. The second-order valence-electron chi connectivity index (χ2n) is 7.08. The van der Waals surface area contributed by atoms with Gasteiger partial charge in [-0.25, -0.2) is 4.39 Å². The molecule has 1 heterocycles. The first-order valence-corrected chi connectivity index (χ1v) is 9.60. The van der Waals surface area contributed by atoms with Crippen LogP contribution in [0.25, 0.3) is 0 Å². The van der Waals surface area contributed by atoms with E-state index in [0.29, 0.717) is 10.8 Å². The van der Waals surface area contributed by atoms with E-state index in [1.54, 1.807) is 18.2 Å². The fraction of sp³-hybridized carbons (Fsp3) is 0.381. The van der Waals surface area contributed by atoms with E-state index >= 15 is 0 Å². The number of para-hydroxylation sites is 1. The van der Waals surface area contributed by atoms with E-state index in [1.807, 2.05) is 6.92 Å². The van der Waals surface area contributed by atoms with Gasteiger partial charge in [0.05, 0.1) is 11.7 Å². The Bertz CT molecular complexity index is 747. The van der Waals surface area contributed by atoms with Gasteiger partial charge < -0.3 is 15.5 Å². The highest BCUT2D eigenvalue weighted by atomic mass is 32.1. The summed E-state index contributed by atoms with van der Waals surface area (Å²) in [5, 5.41) is 6.55. The van der Waals surface area contributed by atoms with Crippen molar-refractivity contribution in [1.29, 1.82) is 0 Å². The second kappa shape index (κ2) is 8.49. The number of halogens is 1. The average Bonchev–Trinajstić information content (AvgIpc) is 2.64. The molecule has 0 spiro atoms. The largest absolute Gasteiger partial charge is 0.371 e. The molecule has 2 aromatic carbocycles. The zero-order valence-corrected chi connectivity index (χ0v) is 16.2. The lowest BCUT2D eigenvalue weighted by molar-refractivity contribution is 0.447. The SMILES string of the molecule is C[C@H]1CCCN(c2ccc([C@@H](C)NC(=S)Nc3ccccc3F)cc2)C1. The van der Waals surface area contributed by atoms with E-state index in [0.717, 1.165) is 24.6 Å². The summed E-state index contributed by atoms with van der Waals surface area (Å²) >= 11 is 5.32. The summed E-state index contributed by atoms with van der Waals surface area (Å²) in [7, 11) is 0. The molecule has 0 amide bonds. The third-order valence-corrected chi connectivity index (χ3v) is 5.10. The van der Waals surface area contributed by atoms with Crippen LogP contribution in [0.2, 0.25) is 0 Å². The van der Waals surface area contributed by atoms with Crippen molar-refractivity contribution >= 4 is 28.7 Å². The molecule has 1 saturated heterocycles. The number of benzene rings is 2. The normalized spacial score (nSPS) is 18.3. The minimum absolute atomic E-state index is 0.0381. The predicted octanol–water partition coefficient (Wildman–Crippen LogP) is 5.11. The molecule has 0 unspecified atom stereocenters. The second-order valence-corrected chi connectivity index (χ2v) is 7.49. The third-order valence-electron chi connectivity index (χ3n) is 4.88. The van der Waals surface area contributed by atoms with E-state index in [4.69, 9.17) is 12.2 Å². The number of nitrogens with one attached hydrogen (secondary N) is 2. The van der Waals surface area contributed by atoms with Crippen LogP contribution >= 0.6 is 12.2 Å². The van der Waals surface area contributed by atoms with E-state index in [1.165, 1.54) is 24.6 Å². The highest BCUT2D eigenvalue weighted by Gasteiger charge is 2.17. The number of anilines is 2. The van der Waals surface area contributed by atoms with Gasteiger partial charge in [-0.1, -0.05) is 31.2 Å². The summed E-state index contributed by atoms with van der Waals surface area (Å²) in [5.41, 5.74) is 2.81. The van der Waals surface area contributed by atoms with Crippen LogP contribution < -0.4 is 15.5 Å². The van der Waals surface area contributed by atoms with Crippen LogP contribution in [0.3, 0.4) is 0 Å². The molecular formula is C21H26FN3S. The Morgan fingerprint density at radius 2 is 1.92 bits per heavy atom. The van der Waals surface area contributed by atoms with Crippen molar-refractivity contribution in [2.24, 2.45) is 5.92 Å². The molecule has 3 nitrogen and oxygen atoms in total. The van der Waals surface area contributed by atoms with E-state index in [-0.39, 0.29) is 11.9 Å². The van der Waals surface area contributed by atoms with Crippen molar-refractivity contribution in [3.8, 4) is 0 Å². The summed E-state index contributed by atoms with van der Waals surface area (Å²) < 4.78 is 13.7. The Hall–Kier alpha value is -2.14. The average molecular weight is 372 g/mol. The Labute approximate surface area is 160 Å². The highest BCUT2D eigenvalue weighted by Crippen LogP contribution is 2.24. The maximum Gasteiger partial charge on any atom is 0.171 e. The number of hydrogen-bond acceptors (Lipinski definition) is 2. The molecule has 2 atom stereocenters. The predicted molar refractivity (Wildman–Crippen MR) is 111 cm³/mol. The Morgan fingerprint density at radius 3 is 2.62 bits per heavy atom. The number of nitrogens with zero attached hydrogens (tertiary/aromatic N) is 1. The first-order valence-electron chi connectivity index (χ1n) is 9.20. The molecule has 26 heavy (non-hydrogen) atoms. The summed E-state index contributed by atoms with van der Waals surface area (Å²) in [4.78, 5) is 2.46. The summed E-state index contributed by atoms with van der Waals surface area (Å²) in [6, 6.07) is 15.2. The van der Waals surface area contributed by atoms with E-state index < -0.39 is 0 Å². The van der Waals surface area contributed by atoms with Crippen LogP contribution in [-0.4, -0.2) is 18.2 Å². The minimum Gasteiger partial charge on any atom is -0.371 e. The van der Waals surface area contributed by atoms with Gasteiger partial charge in [-0.05, 0) is 67.7 Å². The Kier molecular flexibility index (Phi) is 6.09. The van der Waals surface area contributed by atoms with Gasteiger partial charge in [0.15, 0.2) is 5.11 Å². The molecule has 2 N–H and O–H groups in total. The molecule has 0 aliphatic carbocycles.